The van der Waals surface area contributed by atoms with Gasteiger partial charge in [-0.15, -0.1) is 35.7 Å². The minimum absolute atomic E-state index is 0. The summed E-state index contributed by atoms with van der Waals surface area (Å²) in [5.41, 5.74) is 0. The number of halogens is 2. The third-order valence-corrected chi connectivity index (χ3v) is 3.98. The average molecular weight is 485 g/mol. The van der Waals surface area contributed by atoms with E-state index in [0.717, 1.165) is 36.1 Å². The molecule has 8 heteroatoms. The Morgan fingerprint density at radius 2 is 1.92 bits per heavy atom. The summed E-state index contributed by atoms with van der Waals surface area (Å²) < 4.78 is 23.2. The van der Waals surface area contributed by atoms with Crippen molar-refractivity contribution >= 4 is 41.7 Å². The van der Waals surface area contributed by atoms with Crippen LogP contribution in [0.3, 0.4) is 0 Å². The predicted octanol–water partition coefficient (Wildman–Crippen LogP) is 3.14. The van der Waals surface area contributed by atoms with Crippen molar-refractivity contribution in [1.29, 1.82) is 0 Å². The zero-order valence-corrected chi connectivity index (χ0v) is 18.1. The zero-order valence-electron chi connectivity index (χ0n) is 14.9. The number of nitrogens with one attached hydrogen (secondary N) is 2. The first-order valence-corrected chi connectivity index (χ1v) is 9.22. The quantitative estimate of drug-likeness (QED) is 0.157. The minimum Gasteiger partial charge on any atom is -0.382 e. The summed E-state index contributed by atoms with van der Waals surface area (Å²) in [5.74, 6) is 1.50. The molecule has 25 heavy (non-hydrogen) atoms. The van der Waals surface area contributed by atoms with Crippen LogP contribution in [0.25, 0.3) is 0 Å². The van der Waals surface area contributed by atoms with Crippen LogP contribution in [0.5, 0.6) is 0 Å². The van der Waals surface area contributed by atoms with Crippen LogP contribution in [0, 0.1) is 5.82 Å². The third-order valence-electron chi connectivity index (χ3n) is 2.97. The highest BCUT2D eigenvalue weighted by atomic mass is 127. The first kappa shape index (κ1) is 24.4. The molecule has 144 valence electrons. The monoisotopic (exact) mass is 485 g/mol. The van der Waals surface area contributed by atoms with Crippen molar-refractivity contribution < 1.29 is 13.9 Å². The summed E-state index contributed by atoms with van der Waals surface area (Å²) in [4.78, 5) is 5.58. The number of hydrogen-bond acceptors (Lipinski definition) is 4. The molecule has 5 nitrogen and oxygen atoms in total. The molecule has 0 saturated carbocycles. The van der Waals surface area contributed by atoms with Crippen molar-refractivity contribution in [1.82, 2.24) is 10.6 Å². The Balaban J connectivity index is 0.00000576. The topological polar surface area (TPSA) is 54.9 Å². The Morgan fingerprint density at radius 3 is 2.60 bits per heavy atom. The van der Waals surface area contributed by atoms with Crippen LogP contribution >= 0.6 is 35.7 Å². The molecule has 0 aliphatic rings. The fourth-order valence-electron chi connectivity index (χ4n) is 1.81. The van der Waals surface area contributed by atoms with Crippen molar-refractivity contribution in [3.05, 3.63) is 30.1 Å². The molecule has 0 saturated heterocycles. The lowest BCUT2D eigenvalue weighted by Crippen LogP contribution is -2.38. The maximum absolute atomic E-state index is 12.8. The van der Waals surface area contributed by atoms with E-state index in [4.69, 9.17) is 9.47 Å². The molecule has 0 heterocycles. The van der Waals surface area contributed by atoms with Gasteiger partial charge in [0.15, 0.2) is 5.96 Å². The Morgan fingerprint density at radius 1 is 1.16 bits per heavy atom. The number of thioether (sulfide) groups is 1. The zero-order chi connectivity index (χ0) is 17.5. The van der Waals surface area contributed by atoms with E-state index in [-0.39, 0.29) is 29.8 Å². The molecular weight excluding hydrogens is 456 g/mol. The van der Waals surface area contributed by atoms with Crippen molar-refractivity contribution in [2.75, 3.05) is 52.3 Å². The number of benzene rings is 1. The Kier molecular flexibility index (Phi) is 16.5. The molecule has 0 fully saturated rings. The maximum Gasteiger partial charge on any atom is 0.191 e. The Labute approximate surface area is 171 Å². The smallest absolute Gasteiger partial charge is 0.191 e. The van der Waals surface area contributed by atoms with Gasteiger partial charge in [0.05, 0.1) is 13.2 Å². The van der Waals surface area contributed by atoms with E-state index in [2.05, 4.69) is 15.6 Å². The number of aliphatic imine (C=N–C) groups is 1. The van der Waals surface area contributed by atoms with Gasteiger partial charge in [0.1, 0.15) is 5.82 Å². The summed E-state index contributed by atoms with van der Waals surface area (Å²) in [6, 6.07) is 6.55. The van der Waals surface area contributed by atoms with Gasteiger partial charge < -0.3 is 20.1 Å². The molecule has 0 amide bonds. The van der Waals surface area contributed by atoms with Crippen LogP contribution in [0.4, 0.5) is 4.39 Å². The Hall–Kier alpha value is -0.580. The summed E-state index contributed by atoms with van der Waals surface area (Å²) >= 11 is 1.68. The molecule has 0 unspecified atom stereocenters. The molecule has 0 radical (unpaired) electrons. The lowest BCUT2D eigenvalue weighted by Gasteiger charge is -2.11. The molecule has 0 bridgehead atoms. The van der Waals surface area contributed by atoms with E-state index in [1.165, 1.54) is 12.1 Å². The van der Waals surface area contributed by atoms with Crippen LogP contribution < -0.4 is 10.6 Å². The first-order chi connectivity index (χ1) is 11.8. The van der Waals surface area contributed by atoms with E-state index < -0.39 is 0 Å². The number of methoxy groups -OCH3 is 1. The van der Waals surface area contributed by atoms with E-state index in [0.29, 0.717) is 26.4 Å². The van der Waals surface area contributed by atoms with Crippen molar-refractivity contribution in [2.24, 2.45) is 4.99 Å². The van der Waals surface area contributed by atoms with Crippen LogP contribution in [-0.2, 0) is 9.47 Å². The van der Waals surface area contributed by atoms with E-state index >= 15 is 0 Å². The third kappa shape index (κ3) is 13.3. The molecule has 0 atom stereocenters. The van der Waals surface area contributed by atoms with Gasteiger partial charge >= 0.3 is 0 Å². The van der Waals surface area contributed by atoms with E-state index in [9.17, 15) is 4.39 Å². The first-order valence-electron chi connectivity index (χ1n) is 8.23. The molecule has 1 aromatic rings. The highest BCUT2D eigenvalue weighted by Crippen LogP contribution is 2.17. The van der Waals surface area contributed by atoms with E-state index in [1.807, 2.05) is 6.92 Å². The largest absolute Gasteiger partial charge is 0.382 e. The predicted molar refractivity (Wildman–Crippen MR) is 114 cm³/mol. The molecular formula is C17H29FIN3O2S. The summed E-state index contributed by atoms with van der Waals surface area (Å²) in [7, 11) is 1.66. The van der Waals surface area contributed by atoms with Crippen LogP contribution in [0.1, 0.15) is 13.3 Å². The second-order valence-corrected chi connectivity index (χ2v) is 6.12. The second-order valence-electron chi connectivity index (χ2n) is 4.95. The highest BCUT2D eigenvalue weighted by Gasteiger charge is 1.98. The van der Waals surface area contributed by atoms with Crippen molar-refractivity contribution in [3.8, 4) is 0 Å². The molecule has 0 aromatic heterocycles. The van der Waals surface area contributed by atoms with Crippen LogP contribution in [0.2, 0.25) is 0 Å². The van der Waals surface area contributed by atoms with Crippen molar-refractivity contribution in [2.45, 2.75) is 18.2 Å². The van der Waals surface area contributed by atoms with Gasteiger partial charge in [-0.1, -0.05) is 0 Å². The lowest BCUT2D eigenvalue weighted by atomic mass is 10.4. The maximum atomic E-state index is 12.8. The van der Waals surface area contributed by atoms with Gasteiger partial charge in [0.2, 0.25) is 0 Å². The SMILES string of the molecule is CCNC(=NCCCOCCOC)NCCSc1ccc(F)cc1.I. The number of nitrogens with zero attached hydrogens (tertiary/aromatic N) is 1. The number of ether oxygens (including phenoxy) is 2. The molecule has 2 N–H and O–H groups in total. The van der Waals surface area contributed by atoms with Gasteiger partial charge in [0, 0.05) is 44.0 Å². The van der Waals surface area contributed by atoms with Gasteiger partial charge in [0.25, 0.3) is 0 Å². The number of guanidine groups is 1. The molecule has 1 rings (SSSR count). The van der Waals surface area contributed by atoms with Gasteiger partial charge in [-0.3, -0.25) is 4.99 Å². The second kappa shape index (κ2) is 16.9. The van der Waals surface area contributed by atoms with Crippen molar-refractivity contribution in [3.63, 3.8) is 0 Å². The minimum atomic E-state index is -0.203. The lowest BCUT2D eigenvalue weighted by molar-refractivity contribution is 0.0702. The fourth-order valence-corrected chi connectivity index (χ4v) is 2.58. The van der Waals surface area contributed by atoms with Gasteiger partial charge in [-0.2, -0.15) is 0 Å². The number of rotatable bonds is 12. The van der Waals surface area contributed by atoms with Gasteiger partial charge in [-0.25, -0.2) is 4.39 Å². The van der Waals surface area contributed by atoms with Crippen LogP contribution in [0.15, 0.2) is 34.2 Å². The average Bonchev–Trinajstić information content (AvgIpc) is 2.59. The molecule has 0 aliphatic heterocycles. The van der Waals surface area contributed by atoms with Crippen LogP contribution in [-0.4, -0.2) is 58.3 Å². The molecule has 0 aliphatic carbocycles. The molecule has 0 spiro atoms. The van der Waals surface area contributed by atoms with Gasteiger partial charge in [-0.05, 0) is 37.6 Å². The highest BCUT2D eigenvalue weighted by molar-refractivity contribution is 14.0. The summed E-state index contributed by atoms with van der Waals surface area (Å²) in [5, 5.41) is 6.52. The standard InChI is InChI=1S/C17H28FN3O2S.HI/c1-3-19-17(20-9-4-11-23-13-12-22-2)21-10-14-24-16-7-5-15(18)6-8-16;/h5-8H,3-4,9-14H2,1-2H3,(H2,19,20,21);1H. The Bertz CT molecular complexity index is 464. The summed E-state index contributed by atoms with van der Waals surface area (Å²) in [6.07, 6.45) is 0.880. The fraction of sp³-hybridized carbons (Fsp3) is 0.588. The molecule has 1 aromatic carbocycles. The van der Waals surface area contributed by atoms with E-state index in [1.54, 1.807) is 31.0 Å². The normalized spacial score (nSPS) is 11.1. The number of hydrogen-bond donors (Lipinski definition) is 2. The summed E-state index contributed by atoms with van der Waals surface area (Å²) in [6.45, 7) is 6.30.